The van der Waals surface area contributed by atoms with E-state index in [1.807, 2.05) is 12.1 Å². The third-order valence-electron chi connectivity index (χ3n) is 4.56. The fourth-order valence-electron chi connectivity index (χ4n) is 3.50. The lowest BCUT2D eigenvalue weighted by Crippen LogP contribution is -2.43. The molecule has 3 rings (SSSR count). The highest BCUT2D eigenvalue weighted by molar-refractivity contribution is 6.30. The molecular weight excluding hydrogens is 292 g/mol. The topological polar surface area (TPSA) is 55.8 Å². The van der Waals surface area contributed by atoms with Crippen molar-refractivity contribution in [3.63, 3.8) is 0 Å². The summed E-state index contributed by atoms with van der Waals surface area (Å²) in [5.41, 5.74) is 0.538. The van der Waals surface area contributed by atoms with E-state index in [9.17, 15) is 9.90 Å². The molecule has 3 unspecified atom stereocenters. The lowest BCUT2D eigenvalue weighted by atomic mass is 9.75. The van der Waals surface area contributed by atoms with Crippen LogP contribution in [0, 0.1) is 5.92 Å². The van der Waals surface area contributed by atoms with E-state index in [1.54, 1.807) is 12.1 Å². The Hall–Kier alpha value is -1.10. The van der Waals surface area contributed by atoms with Crippen LogP contribution in [0.3, 0.4) is 0 Å². The minimum absolute atomic E-state index is 0.0686. The molecule has 2 aliphatic heterocycles. The Bertz CT molecular complexity index is 508. The van der Waals surface area contributed by atoms with Gasteiger partial charge in [0.1, 0.15) is 0 Å². The standard InChI is InChI=1S/C16H19ClO4/c17-13-3-1-11(2-4-13)14(15(18)19)12-5-7-21-16(9-12)6-8-20-10-16/h1-4,12,14H,5-10H2,(H,18,19). The molecule has 2 heterocycles. The Kier molecular flexibility index (Phi) is 4.20. The number of hydrogen-bond acceptors (Lipinski definition) is 3. The molecule has 3 atom stereocenters. The van der Waals surface area contributed by atoms with Gasteiger partial charge < -0.3 is 14.6 Å². The maximum atomic E-state index is 11.8. The van der Waals surface area contributed by atoms with Gasteiger partial charge in [-0.3, -0.25) is 4.79 Å². The monoisotopic (exact) mass is 310 g/mol. The number of benzene rings is 1. The number of carboxylic acid groups (broad SMARTS) is 1. The molecule has 1 N–H and O–H groups in total. The van der Waals surface area contributed by atoms with Gasteiger partial charge in [-0.05, 0) is 36.5 Å². The van der Waals surface area contributed by atoms with E-state index in [0.29, 0.717) is 24.8 Å². The van der Waals surface area contributed by atoms with Crippen LogP contribution >= 0.6 is 11.6 Å². The van der Waals surface area contributed by atoms with Gasteiger partial charge >= 0.3 is 5.97 Å². The minimum atomic E-state index is -0.779. The molecule has 2 aliphatic rings. The number of carboxylic acids is 1. The van der Waals surface area contributed by atoms with Gasteiger partial charge in [0, 0.05) is 24.7 Å². The van der Waals surface area contributed by atoms with Crippen LogP contribution in [0.5, 0.6) is 0 Å². The molecule has 114 valence electrons. The van der Waals surface area contributed by atoms with Crippen molar-refractivity contribution in [1.29, 1.82) is 0 Å². The Morgan fingerprint density at radius 2 is 2.10 bits per heavy atom. The highest BCUT2D eigenvalue weighted by Gasteiger charge is 2.44. The van der Waals surface area contributed by atoms with Crippen molar-refractivity contribution >= 4 is 17.6 Å². The maximum absolute atomic E-state index is 11.8. The minimum Gasteiger partial charge on any atom is -0.481 e. The van der Waals surface area contributed by atoms with Crippen molar-refractivity contribution in [1.82, 2.24) is 0 Å². The molecule has 2 saturated heterocycles. The molecule has 0 saturated carbocycles. The first-order valence-corrected chi connectivity index (χ1v) is 7.67. The van der Waals surface area contributed by atoms with Crippen molar-refractivity contribution in [3.05, 3.63) is 34.9 Å². The molecule has 4 nitrogen and oxygen atoms in total. The van der Waals surface area contributed by atoms with Crippen LogP contribution < -0.4 is 0 Å². The van der Waals surface area contributed by atoms with Crippen molar-refractivity contribution in [3.8, 4) is 0 Å². The second kappa shape index (κ2) is 5.95. The van der Waals surface area contributed by atoms with Gasteiger partial charge in [0.05, 0.1) is 18.1 Å². The van der Waals surface area contributed by atoms with Crippen LogP contribution in [-0.4, -0.2) is 36.5 Å². The Morgan fingerprint density at radius 1 is 1.33 bits per heavy atom. The number of rotatable bonds is 3. The highest BCUT2D eigenvalue weighted by atomic mass is 35.5. The highest BCUT2D eigenvalue weighted by Crippen LogP contribution is 2.42. The van der Waals surface area contributed by atoms with E-state index < -0.39 is 11.9 Å². The van der Waals surface area contributed by atoms with Gasteiger partial charge in [-0.15, -0.1) is 0 Å². The molecule has 1 aromatic carbocycles. The molecular formula is C16H19ClO4. The first kappa shape index (κ1) is 14.8. The zero-order valence-corrected chi connectivity index (χ0v) is 12.5. The molecule has 0 radical (unpaired) electrons. The second-order valence-corrected chi connectivity index (χ2v) is 6.39. The molecule has 2 fully saturated rings. The first-order chi connectivity index (χ1) is 10.1. The third-order valence-corrected chi connectivity index (χ3v) is 4.82. The van der Waals surface area contributed by atoms with Crippen LogP contribution in [0.25, 0.3) is 0 Å². The van der Waals surface area contributed by atoms with Crippen molar-refractivity contribution in [2.45, 2.75) is 30.8 Å². The van der Waals surface area contributed by atoms with E-state index in [2.05, 4.69) is 0 Å². The summed E-state index contributed by atoms with van der Waals surface area (Å²) in [7, 11) is 0. The van der Waals surface area contributed by atoms with E-state index in [4.69, 9.17) is 21.1 Å². The van der Waals surface area contributed by atoms with Gasteiger partial charge in [-0.2, -0.15) is 0 Å². The summed E-state index contributed by atoms with van der Waals surface area (Å²) in [6.45, 7) is 1.88. The van der Waals surface area contributed by atoms with Crippen LogP contribution in [0.15, 0.2) is 24.3 Å². The van der Waals surface area contributed by atoms with E-state index in [1.165, 1.54) is 0 Å². The second-order valence-electron chi connectivity index (χ2n) is 5.95. The zero-order valence-electron chi connectivity index (χ0n) is 11.8. The van der Waals surface area contributed by atoms with Gasteiger partial charge in [0.25, 0.3) is 0 Å². The Balaban J connectivity index is 1.83. The first-order valence-electron chi connectivity index (χ1n) is 7.30. The van der Waals surface area contributed by atoms with Gasteiger partial charge in [0.2, 0.25) is 0 Å². The molecule has 0 amide bonds. The zero-order chi connectivity index (χ0) is 14.9. The van der Waals surface area contributed by atoms with Crippen molar-refractivity contribution in [2.75, 3.05) is 19.8 Å². The quantitative estimate of drug-likeness (QED) is 0.932. The predicted octanol–water partition coefficient (Wildman–Crippen LogP) is 3.09. The molecule has 0 bridgehead atoms. The Morgan fingerprint density at radius 3 is 2.71 bits per heavy atom. The van der Waals surface area contributed by atoms with E-state index in [-0.39, 0.29) is 11.5 Å². The molecule has 21 heavy (non-hydrogen) atoms. The summed E-state index contributed by atoms with van der Waals surface area (Å²) in [5.74, 6) is -1.22. The molecule has 0 aliphatic carbocycles. The molecule has 0 aromatic heterocycles. The van der Waals surface area contributed by atoms with Crippen LogP contribution in [0.1, 0.15) is 30.7 Å². The fraction of sp³-hybridized carbons (Fsp3) is 0.562. The van der Waals surface area contributed by atoms with Gasteiger partial charge in [-0.25, -0.2) is 0 Å². The lowest BCUT2D eigenvalue weighted by Gasteiger charge is -2.39. The van der Waals surface area contributed by atoms with E-state index in [0.717, 1.165) is 24.8 Å². The summed E-state index contributed by atoms with van der Waals surface area (Å²) in [6.07, 6.45) is 2.37. The largest absolute Gasteiger partial charge is 0.481 e. The number of aliphatic carboxylic acids is 1. The van der Waals surface area contributed by atoms with Crippen molar-refractivity contribution < 1.29 is 19.4 Å². The lowest BCUT2D eigenvalue weighted by molar-refractivity contribution is -0.145. The van der Waals surface area contributed by atoms with Crippen LogP contribution in [0.4, 0.5) is 0 Å². The number of hydrogen-bond donors (Lipinski definition) is 1. The molecule has 1 aromatic rings. The van der Waals surface area contributed by atoms with Crippen LogP contribution in [0.2, 0.25) is 5.02 Å². The maximum Gasteiger partial charge on any atom is 0.311 e. The smallest absolute Gasteiger partial charge is 0.311 e. The third kappa shape index (κ3) is 3.07. The van der Waals surface area contributed by atoms with Crippen molar-refractivity contribution in [2.24, 2.45) is 5.92 Å². The number of carbonyl (C=O) groups is 1. The molecule has 5 heteroatoms. The van der Waals surface area contributed by atoms with Gasteiger partial charge in [-0.1, -0.05) is 23.7 Å². The molecule has 1 spiro atoms. The summed E-state index contributed by atoms with van der Waals surface area (Å²) in [6, 6.07) is 7.13. The van der Waals surface area contributed by atoms with E-state index >= 15 is 0 Å². The SMILES string of the molecule is O=C(O)C(c1ccc(Cl)cc1)C1CCOC2(CCOC2)C1. The number of halogens is 1. The summed E-state index contributed by atoms with van der Waals surface area (Å²) in [4.78, 5) is 11.8. The normalized spacial score (nSPS) is 30.4. The Labute approximate surface area is 129 Å². The predicted molar refractivity (Wildman–Crippen MR) is 78.7 cm³/mol. The summed E-state index contributed by atoms with van der Waals surface area (Å²) in [5, 5.41) is 10.3. The average Bonchev–Trinajstić information content (AvgIpc) is 2.89. The number of ether oxygens (including phenoxy) is 2. The average molecular weight is 311 g/mol. The summed E-state index contributed by atoms with van der Waals surface area (Å²) < 4.78 is 11.4. The fourth-order valence-corrected chi connectivity index (χ4v) is 3.63. The van der Waals surface area contributed by atoms with Crippen LogP contribution in [-0.2, 0) is 14.3 Å². The summed E-state index contributed by atoms with van der Waals surface area (Å²) >= 11 is 5.90. The van der Waals surface area contributed by atoms with Gasteiger partial charge in [0.15, 0.2) is 0 Å².